The van der Waals surface area contributed by atoms with E-state index in [2.05, 4.69) is 15.5 Å². The van der Waals surface area contributed by atoms with Crippen LogP contribution in [0.2, 0.25) is 0 Å². The van der Waals surface area contributed by atoms with Crippen LogP contribution in [0.15, 0.2) is 29.2 Å². The van der Waals surface area contributed by atoms with Gasteiger partial charge in [0.1, 0.15) is 0 Å². The number of hydrogen-bond acceptors (Lipinski definition) is 6. The summed E-state index contributed by atoms with van der Waals surface area (Å²) in [5.74, 6) is -0.113. The molecule has 0 bridgehead atoms. The summed E-state index contributed by atoms with van der Waals surface area (Å²) in [7, 11) is -3.48. The molecule has 0 saturated heterocycles. The maximum absolute atomic E-state index is 12.8. The van der Waals surface area contributed by atoms with Gasteiger partial charge in [0.05, 0.1) is 16.2 Å². The van der Waals surface area contributed by atoms with Gasteiger partial charge >= 0.3 is 0 Å². The number of hydrogen-bond donors (Lipinski definition) is 0. The van der Waals surface area contributed by atoms with Crippen LogP contribution in [-0.2, 0) is 16.4 Å². The molecule has 116 valence electrons. The number of carbonyl (C=O) groups excluding carboxylic acids is 1. The van der Waals surface area contributed by atoms with Gasteiger partial charge in [-0.05, 0) is 29.0 Å². The summed E-state index contributed by atoms with van der Waals surface area (Å²) in [4.78, 5) is 14.3. The zero-order valence-electron chi connectivity index (χ0n) is 12.0. The molecule has 0 spiro atoms. The van der Waals surface area contributed by atoms with Crippen LogP contribution in [0.1, 0.15) is 23.7 Å². The third-order valence-corrected chi connectivity index (χ3v) is 5.37. The van der Waals surface area contributed by atoms with Gasteiger partial charge in [0.15, 0.2) is 9.84 Å². The Hall–Kier alpha value is -2.29. The van der Waals surface area contributed by atoms with E-state index in [-0.39, 0.29) is 16.2 Å². The second kappa shape index (κ2) is 5.48. The highest BCUT2D eigenvalue weighted by atomic mass is 32.2. The molecule has 2 aromatic rings. The molecule has 0 saturated carbocycles. The summed E-state index contributed by atoms with van der Waals surface area (Å²) in [6.45, 7) is 2.65. The van der Waals surface area contributed by atoms with E-state index in [1.54, 1.807) is 23.7 Å². The number of amides is 1. The first-order valence-corrected chi connectivity index (χ1v) is 8.59. The standard InChI is InChI=1S/C13H15N5O3S/c1-2-22(20,21)11-7-4-3-6-10(11)12(19)17-8-5-9-18-13(17)14-15-16-18/h3-4,6-7H,2,5,8-9H2,1H3. The van der Waals surface area contributed by atoms with E-state index in [4.69, 9.17) is 0 Å². The van der Waals surface area contributed by atoms with Crippen molar-refractivity contribution in [1.29, 1.82) is 0 Å². The van der Waals surface area contributed by atoms with Gasteiger partial charge in [-0.1, -0.05) is 24.2 Å². The predicted octanol–water partition coefficient (Wildman–Crippen LogP) is 0.517. The van der Waals surface area contributed by atoms with Crippen molar-refractivity contribution >= 4 is 21.7 Å². The molecule has 1 aliphatic heterocycles. The fraction of sp³-hybridized carbons (Fsp3) is 0.385. The van der Waals surface area contributed by atoms with Crippen molar-refractivity contribution in [1.82, 2.24) is 20.2 Å². The minimum absolute atomic E-state index is 0.0482. The molecule has 2 heterocycles. The number of aromatic nitrogens is 4. The number of benzene rings is 1. The summed E-state index contributed by atoms with van der Waals surface area (Å²) in [6.07, 6.45) is 0.715. The molecule has 1 amide bonds. The normalized spacial score (nSPS) is 14.7. The van der Waals surface area contributed by atoms with Crippen LogP contribution in [0.4, 0.5) is 5.95 Å². The van der Waals surface area contributed by atoms with Crippen molar-refractivity contribution in [2.24, 2.45) is 0 Å². The van der Waals surface area contributed by atoms with E-state index in [1.807, 2.05) is 0 Å². The van der Waals surface area contributed by atoms with E-state index in [0.29, 0.717) is 25.5 Å². The van der Waals surface area contributed by atoms with Gasteiger partial charge in [-0.3, -0.25) is 9.69 Å². The van der Waals surface area contributed by atoms with Gasteiger partial charge < -0.3 is 0 Å². The molecule has 3 rings (SSSR count). The first kappa shape index (κ1) is 14.6. The van der Waals surface area contributed by atoms with Crippen molar-refractivity contribution in [3.05, 3.63) is 29.8 Å². The number of tetrazole rings is 1. The molecule has 1 aromatic heterocycles. The van der Waals surface area contributed by atoms with Crippen molar-refractivity contribution in [2.45, 2.75) is 24.8 Å². The highest BCUT2D eigenvalue weighted by molar-refractivity contribution is 7.91. The van der Waals surface area contributed by atoms with Crippen molar-refractivity contribution in [2.75, 3.05) is 17.2 Å². The lowest BCUT2D eigenvalue weighted by Crippen LogP contribution is -2.38. The van der Waals surface area contributed by atoms with Crippen LogP contribution in [0, 0.1) is 0 Å². The molecular weight excluding hydrogens is 306 g/mol. The zero-order valence-corrected chi connectivity index (χ0v) is 12.8. The number of carbonyl (C=O) groups is 1. The van der Waals surface area contributed by atoms with Gasteiger partial charge in [0.25, 0.3) is 11.9 Å². The smallest absolute Gasteiger partial charge is 0.261 e. The lowest BCUT2D eigenvalue weighted by molar-refractivity contribution is 0.0977. The van der Waals surface area contributed by atoms with Crippen molar-refractivity contribution in [3.63, 3.8) is 0 Å². The minimum Gasteiger partial charge on any atom is -0.275 e. The number of rotatable bonds is 3. The third kappa shape index (κ3) is 2.37. The fourth-order valence-electron chi connectivity index (χ4n) is 2.42. The van der Waals surface area contributed by atoms with Crippen LogP contribution in [0.25, 0.3) is 0 Å². The molecule has 1 aromatic carbocycles. The Morgan fingerprint density at radius 3 is 2.82 bits per heavy atom. The van der Waals surface area contributed by atoms with Crippen LogP contribution < -0.4 is 4.90 Å². The molecule has 0 radical (unpaired) electrons. The Kier molecular flexibility index (Phi) is 3.65. The number of sulfone groups is 1. The maximum atomic E-state index is 12.8. The number of nitrogens with zero attached hydrogens (tertiary/aromatic N) is 5. The van der Waals surface area contributed by atoms with Crippen LogP contribution in [-0.4, -0.2) is 46.8 Å². The number of aryl methyl sites for hydroxylation is 1. The second-order valence-electron chi connectivity index (χ2n) is 4.91. The summed E-state index contributed by atoms with van der Waals surface area (Å²) in [6, 6.07) is 6.24. The Labute approximate surface area is 127 Å². The Morgan fingerprint density at radius 2 is 2.05 bits per heavy atom. The summed E-state index contributed by atoms with van der Waals surface area (Å²) in [5.41, 5.74) is 0.154. The molecule has 0 aliphatic carbocycles. The highest BCUT2D eigenvalue weighted by Gasteiger charge is 2.30. The van der Waals surface area contributed by atoms with Crippen molar-refractivity contribution < 1.29 is 13.2 Å². The predicted molar refractivity (Wildman–Crippen MR) is 78.3 cm³/mol. The molecule has 8 nitrogen and oxygen atoms in total. The number of anilines is 1. The Bertz CT molecular complexity index is 815. The monoisotopic (exact) mass is 321 g/mol. The van der Waals surface area contributed by atoms with E-state index in [1.165, 1.54) is 17.0 Å². The second-order valence-corrected chi connectivity index (χ2v) is 7.16. The lowest BCUT2D eigenvalue weighted by Gasteiger charge is -2.25. The average molecular weight is 321 g/mol. The van der Waals surface area contributed by atoms with E-state index in [0.717, 1.165) is 0 Å². The van der Waals surface area contributed by atoms with Crippen LogP contribution in [0.5, 0.6) is 0 Å². The average Bonchev–Trinajstić information content (AvgIpc) is 3.02. The molecule has 0 unspecified atom stereocenters. The quantitative estimate of drug-likeness (QED) is 0.817. The van der Waals surface area contributed by atoms with E-state index in [9.17, 15) is 13.2 Å². The summed E-state index contributed by atoms with van der Waals surface area (Å²) in [5, 5.41) is 11.2. The van der Waals surface area contributed by atoms with Gasteiger partial charge in [0, 0.05) is 13.1 Å². The fourth-order valence-corrected chi connectivity index (χ4v) is 3.51. The van der Waals surface area contributed by atoms with Gasteiger partial charge in [-0.25, -0.2) is 13.1 Å². The van der Waals surface area contributed by atoms with Crippen LogP contribution >= 0.6 is 0 Å². The molecule has 1 aliphatic rings. The Balaban J connectivity index is 2.05. The molecule has 0 fully saturated rings. The molecule has 0 atom stereocenters. The van der Waals surface area contributed by atoms with Gasteiger partial charge in [-0.2, -0.15) is 0 Å². The Morgan fingerprint density at radius 1 is 1.27 bits per heavy atom. The zero-order chi connectivity index (χ0) is 15.7. The largest absolute Gasteiger partial charge is 0.275 e. The highest BCUT2D eigenvalue weighted by Crippen LogP contribution is 2.23. The molecule has 0 N–H and O–H groups in total. The molecular formula is C13H15N5O3S. The lowest BCUT2D eigenvalue weighted by atomic mass is 10.2. The summed E-state index contributed by atoms with van der Waals surface area (Å²) >= 11 is 0. The maximum Gasteiger partial charge on any atom is 0.261 e. The third-order valence-electron chi connectivity index (χ3n) is 3.58. The SMILES string of the molecule is CCS(=O)(=O)c1ccccc1C(=O)N1CCCn2nnnc21. The van der Waals surface area contributed by atoms with Crippen molar-refractivity contribution in [3.8, 4) is 0 Å². The summed E-state index contributed by atoms with van der Waals surface area (Å²) < 4.78 is 25.9. The topological polar surface area (TPSA) is 98.1 Å². The molecule has 22 heavy (non-hydrogen) atoms. The van der Waals surface area contributed by atoms with Gasteiger partial charge in [-0.15, -0.1) is 0 Å². The van der Waals surface area contributed by atoms with Crippen LogP contribution in [0.3, 0.4) is 0 Å². The minimum atomic E-state index is -3.48. The van der Waals surface area contributed by atoms with E-state index >= 15 is 0 Å². The first-order valence-electron chi connectivity index (χ1n) is 6.94. The van der Waals surface area contributed by atoms with Gasteiger partial charge in [0.2, 0.25) is 0 Å². The number of fused-ring (bicyclic) bond motifs is 1. The first-order chi connectivity index (χ1) is 10.5. The molecule has 9 heteroatoms. The van der Waals surface area contributed by atoms with E-state index < -0.39 is 15.7 Å².